The van der Waals surface area contributed by atoms with Gasteiger partial charge < -0.3 is 25.0 Å². The van der Waals surface area contributed by atoms with Crippen molar-refractivity contribution in [3.8, 4) is 5.75 Å². The number of halogens is 5. The topological polar surface area (TPSA) is 83.7 Å². The first-order chi connectivity index (χ1) is 14.6. The summed E-state index contributed by atoms with van der Waals surface area (Å²) in [6, 6.07) is 5.55. The van der Waals surface area contributed by atoms with Gasteiger partial charge in [-0.15, -0.1) is 24.0 Å². The molecule has 0 saturated carbocycles. The Kier molecular flexibility index (Phi) is 10.7. The van der Waals surface area contributed by atoms with Gasteiger partial charge in [0.1, 0.15) is 23.5 Å². The van der Waals surface area contributed by atoms with E-state index in [1.165, 1.54) is 43.7 Å². The van der Waals surface area contributed by atoms with Crippen LogP contribution < -0.4 is 15.4 Å². The third kappa shape index (κ3) is 7.50. The summed E-state index contributed by atoms with van der Waals surface area (Å²) in [6.07, 6.45) is -3.38. The summed E-state index contributed by atoms with van der Waals surface area (Å²) in [5, 5.41) is 16.1. The van der Waals surface area contributed by atoms with Crippen LogP contribution in [0.5, 0.6) is 5.75 Å². The van der Waals surface area contributed by atoms with Crippen molar-refractivity contribution in [3.05, 3.63) is 48.3 Å². The van der Waals surface area contributed by atoms with Gasteiger partial charge in [-0.25, -0.2) is 14.4 Å². The molecule has 0 spiro atoms. The number of hydrogen-bond donors (Lipinski definition) is 3. The van der Waals surface area contributed by atoms with Crippen LogP contribution in [0.1, 0.15) is 26.1 Å². The fourth-order valence-electron chi connectivity index (χ4n) is 2.85. The van der Waals surface area contributed by atoms with E-state index in [1.54, 1.807) is 6.92 Å². The predicted octanol–water partition coefficient (Wildman–Crippen LogP) is 3.34. The van der Waals surface area contributed by atoms with Gasteiger partial charge in [0.05, 0.1) is 6.54 Å². The maximum atomic E-state index is 13.6. The van der Waals surface area contributed by atoms with Gasteiger partial charge in [-0.05, 0) is 38.1 Å². The van der Waals surface area contributed by atoms with Gasteiger partial charge in [0.25, 0.3) is 0 Å². The van der Waals surface area contributed by atoms with Crippen LogP contribution in [-0.2, 0) is 12.6 Å². The summed E-state index contributed by atoms with van der Waals surface area (Å²) < 4.78 is 60.5. The molecule has 1 heterocycles. The average molecular weight is 573 g/mol. The van der Waals surface area contributed by atoms with Gasteiger partial charge >= 0.3 is 6.18 Å². The van der Waals surface area contributed by atoms with Crippen LogP contribution in [0.2, 0.25) is 0 Å². The van der Waals surface area contributed by atoms with Crippen molar-refractivity contribution < 1.29 is 27.4 Å². The number of rotatable bonds is 9. The SMILES string of the molecule is CCNC(=NCC(C)Oc1ccc(F)cc1)NCCC(O)(c1nccn1C)C(F)(F)F.I. The highest BCUT2D eigenvalue weighted by Gasteiger charge is 2.57. The fourth-order valence-corrected chi connectivity index (χ4v) is 2.85. The smallest absolute Gasteiger partial charge is 0.424 e. The quantitative estimate of drug-likeness (QED) is 0.186. The van der Waals surface area contributed by atoms with Crippen LogP contribution in [0, 0.1) is 5.82 Å². The Morgan fingerprint density at radius 3 is 2.44 bits per heavy atom. The van der Waals surface area contributed by atoms with E-state index in [9.17, 15) is 22.7 Å². The van der Waals surface area contributed by atoms with Crippen LogP contribution in [0.15, 0.2) is 41.7 Å². The van der Waals surface area contributed by atoms with Crippen molar-refractivity contribution in [3.63, 3.8) is 0 Å². The van der Waals surface area contributed by atoms with E-state index in [1.807, 2.05) is 6.92 Å². The first-order valence-electron chi connectivity index (χ1n) is 9.78. The Morgan fingerprint density at radius 2 is 1.91 bits per heavy atom. The first kappa shape index (κ1) is 27.9. The van der Waals surface area contributed by atoms with Crippen molar-refractivity contribution >= 4 is 29.9 Å². The lowest BCUT2D eigenvalue weighted by Gasteiger charge is -2.30. The van der Waals surface area contributed by atoms with Gasteiger partial charge in [-0.1, -0.05) is 0 Å². The molecule has 2 aromatic rings. The van der Waals surface area contributed by atoms with Crippen LogP contribution >= 0.6 is 24.0 Å². The molecule has 0 amide bonds. The van der Waals surface area contributed by atoms with Crippen LogP contribution in [0.4, 0.5) is 17.6 Å². The number of aryl methyl sites for hydroxylation is 1. The van der Waals surface area contributed by atoms with Gasteiger partial charge in [-0.2, -0.15) is 13.2 Å². The fraction of sp³-hybridized carbons (Fsp3) is 0.500. The zero-order valence-corrected chi connectivity index (χ0v) is 20.3. The zero-order valence-electron chi connectivity index (χ0n) is 18.0. The largest absolute Gasteiger partial charge is 0.489 e. The molecule has 0 bridgehead atoms. The number of nitrogens with one attached hydrogen (secondary N) is 2. The lowest BCUT2D eigenvalue weighted by atomic mass is 9.97. The van der Waals surface area contributed by atoms with E-state index in [-0.39, 0.29) is 54.9 Å². The molecular formula is C20H28F4IN5O2. The maximum Gasteiger partial charge on any atom is 0.424 e. The van der Waals surface area contributed by atoms with E-state index < -0.39 is 24.0 Å². The minimum absolute atomic E-state index is 0. The lowest BCUT2D eigenvalue weighted by Crippen LogP contribution is -2.48. The molecule has 0 aliphatic carbocycles. The molecule has 1 aromatic heterocycles. The Morgan fingerprint density at radius 1 is 1.25 bits per heavy atom. The van der Waals surface area contributed by atoms with Gasteiger partial charge in [0.2, 0.25) is 5.60 Å². The number of alkyl halides is 3. The van der Waals surface area contributed by atoms with E-state index in [4.69, 9.17) is 4.74 Å². The summed E-state index contributed by atoms with van der Waals surface area (Å²) in [5.41, 5.74) is -3.10. The van der Waals surface area contributed by atoms with E-state index in [0.29, 0.717) is 12.3 Å². The molecule has 0 fully saturated rings. The molecule has 12 heteroatoms. The average Bonchev–Trinajstić information content (AvgIpc) is 3.13. The molecule has 7 nitrogen and oxygen atoms in total. The molecule has 2 rings (SSSR count). The molecule has 2 atom stereocenters. The second-order valence-electron chi connectivity index (χ2n) is 7.00. The molecule has 0 saturated heterocycles. The van der Waals surface area contributed by atoms with E-state index in [0.717, 1.165) is 4.57 Å². The first-order valence-corrected chi connectivity index (χ1v) is 9.78. The summed E-state index contributed by atoms with van der Waals surface area (Å²) in [5.74, 6) is -0.0973. The molecule has 1 aromatic carbocycles. The van der Waals surface area contributed by atoms with Crippen LogP contribution in [0.25, 0.3) is 0 Å². The summed E-state index contributed by atoms with van der Waals surface area (Å²) in [4.78, 5) is 7.97. The Hall–Kier alpha value is -2.09. The molecule has 32 heavy (non-hydrogen) atoms. The van der Waals surface area contributed by atoms with Crippen molar-refractivity contribution in [2.75, 3.05) is 19.6 Å². The Bertz CT molecular complexity index is 860. The molecular weight excluding hydrogens is 545 g/mol. The molecule has 180 valence electrons. The lowest BCUT2D eigenvalue weighted by molar-refractivity contribution is -0.272. The number of benzene rings is 1. The van der Waals surface area contributed by atoms with Gasteiger partial charge in [0.15, 0.2) is 5.96 Å². The zero-order chi connectivity index (χ0) is 23.1. The van der Waals surface area contributed by atoms with Gasteiger partial charge in [0, 0.05) is 39.0 Å². The summed E-state index contributed by atoms with van der Waals surface area (Å²) >= 11 is 0. The number of ether oxygens (including phenoxy) is 1. The Balaban J connectivity index is 0.00000512. The predicted molar refractivity (Wildman–Crippen MR) is 124 cm³/mol. The third-order valence-corrected chi connectivity index (χ3v) is 4.44. The highest BCUT2D eigenvalue weighted by Crippen LogP contribution is 2.40. The number of aliphatic hydroxyl groups is 1. The number of aromatic nitrogens is 2. The monoisotopic (exact) mass is 573 g/mol. The molecule has 2 unspecified atom stereocenters. The van der Waals surface area contributed by atoms with Gasteiger partial charge in [-0.3, -0.25) is 0 Å². The molecule has 0 radical (unpaired) electrons. The molecule has 0 aliphatic heterocycles. The molecule has 3 N–H and O–H groups in total. The van der Waals surface area contributed by atoms with Crippen molar-refractivity contribution in [2.24, 2.45) is 12.0 Å². The summed E-state index contributed by atoms with van der Waals surface area (Å²) in [7, 11) is 1.39. The minimum Gasteiger partial charge on any atom is -0.489 e. The van der Waals surface area contributed by atoms with E-state index in [2.05, 4.69) is 20.6 Å². The van der Waals surface area contributed by atoms with Crippen molar-refractivity contribution in [2.45, 2.75) is 38.1 Å². The number of aliphatic imine (C=N–C) groups is 1. The van der Waals surface area contributed by atoms with Crippen LogP contribution in [-0.4, -0.2) is 52.5 Å². The van der Waals surface area contributed by atoms with Crippen molar-refractivity contribution in [1.29, 1.82) is 0 Å². The number of guanidine groups is 1. The van der Waals surface area contributed by atoms with E-state index >= 15 is 0 Å². The summed E-state index contributed by atoms with van der Waals surface area (Å²) in [6.45, 7) is 4.06. The van der Waals surface area contributed by atoms with Crippen molar-refractivity contribution in [1.82, 2.24) is 20.2 Å². The van der Waals surface area contributed by atoms with Crippen LogP contribution in [0.3, 0.4) is 0 Å². The number of imidazole rings is 1. The second kappa shape index (κ2) is 12.2. The molecule has 0 aliphatic rings. The second-order valence-corrected chi connectivity index (χ2v) is 7.00. The normalized spacial score (nSPS) is 14.8. The third-order valence-electron chi connectivity index (χ3n) is 4.44. The Labute approximate surface area is 201 Å². The minimum atomic E-state index is -4.90. The number of nitrogens with zero attached hydrogens (tertiary/aromatic N) is 3. The number of hydrogen-bond acceptors (Lipinski definition) is 4. The maximum absolute atomic E-state index is 13.6. The highest BCUT2D eigenvalue weighted by atomic mass is 127. The highest BCUT2D eigenvalue weighted by molar-refractivity contribution is 14.0. The standard InChI is InChI=1S/C20H27F4N5O2.HI/c1-4-25-18(28-13-14(2)31-16-7-5-15(21)6-8-16)27-10-9-19(30,20(22,23)24)17-26-11-12-29(17)3;/h5-8,11-12,14,30H,4,9-10,13H2,1-3H3,(H2,25,27,28);1H.